The van der Waals surface area contributed by atoms with Crippen molar-refractivity contribution in [2.75, 3.05) is 12.3 Å². The number of nitrogens with two attached hydrogens (primary N) is 1. The summed E-state index contributed by atoms with van der Waals surface area (Å²) in [5, 5.41) is 3.42. The smallest absolute Gasteiger partial charge is 0.273 e. The van der Waals surface area contributed by atoms with E-state index in [4.69, 9.17) is 17.3 Å². The Morgan fingerprint density at radius 1 is 1.33 bits per heavy atom. The minimum Gasteiger partial charge on any atom is -0.382 e. The lowest BCUT2D eigenvalue weighted by molar-refractivity contribution is 0.0949. The molecule has 1 heterocycles. The van der Waals surface area contributed by atoms with Crippen LogP contribution >= 0.6 is 11.6 Å². The van der Waals surface area contributed by atoms with Crippen LogP contribution in [-0.2, 0) is 0 Å². The van der Waals surface area contributed by atoms with Gasteiger partial charge >= 0.3 is 0 Å². The van der Waals surface area contributed by atoms with Crippen LogP contribution in [0.25, 0.3) is 11.3 Å². The molecule has 0 radical (unpaired) electrons. The number of rotatable bonds is 5. The van der Waals surface area contributed by atoms with E-state index in [1.165, 1.54) is 0 Å². The average molecular weight is 305 g/mol. The van der Waals surface area contributed by atoms with Crippen molar-refractivity contribution >= 4 is 23.3 Å². The summed E-state index contributed by atoms with van der Waals surface area (Å²) in [6.07, 6.45) is 3.46. The zero-order valence-corrected chi connectivity index (χ0v) is 12.5. The lowest BCUT2D eigenvalue weighted by Crippen LogP contribution is -2.26. The van der Waals surface area contributed by atoms with Crippen LogP contribution in [0.4, 0.5) is 5.82 Å². The maximum Gasteiger partial charge on any atom is 0.273 e. The zero-order valence-electron chi connectivity index (χ0n) is 11.8. The van der Waals surface area contributed by atoms with E-state index in [1.54, 1.807) is 18.3 Å². The fourth-order valence-electron chi connectivity index (χ4n) is 1.79. The molecule has 2 aromatic rings. The summed E-state index contributed by atoms with van der Waals surface area (Å²) < 4.78 is 0. The molecule has 3 N–H and O–H groups in total. The van der Waals surface area contributed by atoms with Crippen molar-refractivity contribution in [1.29, 1.82) is 0 Å². The van der Waals surface area contributed by atoms with Crippen LogP contribution in [0.5, 0.6) is 0 Å². The van der Waals surface area contributed by atoms with Crippen molar-refractivity contribution < 1.29 is 4.79 Å². The Labute approximate surface area is 128 Å². The predicted molar refractivity (Wildman–Crippen MR) is 84.1 cm³/mol. The molecule has 0 saturated carbocycles. The summed E-state index contributed by atoms with van der Waals surface area (Å²) >= 11 is 5.86. The van der Waals surface area contributed by atoms with Gasteiger partial charge < -0.3 is 11.1 Å². The first-order valence-electron chi connectivity index (χ1n) is 6.78. The number of benzene rings is 1. The number of nitrogens with zero attached hydrogens (tertiary/aromatic N) is 2. The molecule has 0 unspecified atom stereocenters. The van der Waals surface area contributed by atoms with Gasteiger partial charge in [-0.3, -0.25) is 4.79 Å². The van der Waals surface area contributed by atoms with E-state index in [0.29, 0.717) is 17.3 Å². The summed E-state index contributed by atoms with van der Waals surface area (Å²) in [5.74, 6) is -0.175. The molecule has 0 spiro atoms. The number of carbonyl (C=O) groups excluding carboxylic acids is 1. The van der Waals surface area contributed by atoms with E-state index < -0.39 is 0 Å². The first kappa shape index (κ1) is 15.3. The molecule has 0 atom stereocenters. The quantitative estimate of drug-likeness (QED) is 0.832. The number of hydrogen-bond donors (Lipinski definition) is 2. The molecule has 1 aromatic carbocycles. The van der Waals surface area contributed by atoms with Crippen LogP contribution in [0.2, 0.25) is 5.02 Å². The number of carbonyl (C=O) groups is 1. The highest BCUT2D eigenvalue weighted by atomic mass is 35.5. The van der Waals surface area contributed by atoms with Gasteiger partial charge in [-0.25, -0.2) is 9.97 Å². The van der Waals surface area contributed by atoms with Crippen molar-refractivity contribution in [1.82, 2.24) is 15.3 Å². The summed E-state index contributed by atoms with van der Waals surface area (Å²) in [7, 11) is 0. The van der Waals surface area contributed by atoms with Crippen molar-refractivity contribution in [2.24, 2.45) is 0 Å². The van der Waals surface area contributed by atoms with E-state index in [9.17, 15) is 4.79 Å². The van der Waals surface area contributed by atoms with Crippen molar-refractivity contribution in [3.05, 3.63) is 41.2 Å². The highest BCUT2D eigenvalue weighted by molar-refractivity contribution is 6.30. The molecule has 0 saturated heterocycles. The van der Waals surface area contributed by atoms with Crippen molar-refractivity contribution in [3.63, 3.8) is 0 Å². The molecule has 0 bridgehead atoms. The normalized spacial score (nSPS) is 10.4. The number of nitrogen functional groups attached to an aromatic ring is 1. The fraction of sp³-hybridized carbons (Fsp3) is 0.267. The SMILES string of the molecule is CCCCNC(=O)c1nc(-c2ccc(Cl)cc2)cnc1N. The van der Waals surface area contributed by atoms with E-state index in [0.717, 1.165) is 18.4 Å². The van der Waals surface area contributed by atoms with Crippen molar-refractivity contribution in [2.45, 2.75) is 19.8 Å². The molecule has 0 aliphatic heterocycles. The lowest BCUT2D eigenvalue weighted by Gasteiger charge is -2.08. The van der Waals surface area contributed by atoms with Gasteiger partial charge in [0, 0.05) is 17.1 Å². The number of halogens is 1. The van der Waals surface area contributed by atoms with Crippen LogP contribution in [0.1, 0.15) is 30.3 Å². The molecule has 1 amide bonds. The number of aromatic nitrogens is 2. The highest BCUT2D eigenvalue weighted by Crippen LogP contribution is 2.20. The maximum absolute atomic E-state index is 12.1. The summed E-state index contributed by atoms with van der Waals surface area (Å²) in [6.45, 7) is 2.66. The third kappa shape index (κ3) is 3.92. The molecule has 5 nitrogen and oxygen atoms in total. The summed E-state index contributed by atoms with van der Waals surface area (Å²) in [5.41, 5.74) is 7.31. The second kappa shape index (κ2) is 7.04. The average Bonchev–Trinajstić information content (AvgIpc) is 2.49. The molecule has 2 rings (SSSR count). The van der Waals surface area contributed by atoms with Crippen LogP contribution in [-0.4, -0.2) is 22.4 Å². The van der Waals surface area contributed by atoms with E-state index in [1.807, 2.05) is 12.1 Å². The second-order valence-electron chi connectivity index (χ2n) is 4.61. The third-order valence-corrected chi connectivity index (χ3v) is 3.22. The Balaban J connectivity index is 2.24. The molecule has 0 aliphatic rings. The summed E-state index contributed by atoms with van der Waals surface area (Å²) in [4.78, 5) is 20.4. The van der Waals surface area contributed by atoms with Crippen LogP contribution in [0.3, 0.4) is 0 Å². The molecular weight excluding hydrogens is 288 g/mol. The standard InChI is InChI=1S/C15H17ClN4O/c1-2-3-8-18-15(21)13-14(17)19-9-12(20-13)10-4-6-11(16)7-5-10/h4-7,9H,2-3,8H2,1H3,(H2,17,19)(H,18,21). The predicted octanol–water partition coefficient (Wildman–Crippen LogP) is 2.91. The second-order valence-corrected chi connectivity index (χ2v) is 5.04. The van der Waals surface area contributed by atoms with Gasteiger partial charge in [0.2, 0.25) is 0 Å². The van der Waals surface area contributed by atoms with Gasteiger partial charge in [0.05, 0.1) is 11.9 Å². The Morgan fingerprint density at radius 3 is 2.71 bits per heavy atom. The van der Waals surface area contributed by atoms with Crippen LogP contribution < -0.4 is 11.1 Å². The summed E-state index contributed by atoms with van der Waals surface area (Å²) in [6, 6.07) is 7.16. The van der Waals surface area contributed by atoms with E-state index in [-0.39, 0.29) is 17.4 Å². The molecular formula is C15H17ClN4O. The monoisotopic (exact) mass is 304 g/mol. The fourth-order valence-corrected chi connectivity index (χ4v) is 1.91. The largest absolute Gasteiger partial charge is 0.382 e. The first-order chi connectivity index (χ1) is 10.1. The Morgan fingerprint density at radius 2 is 2.05 bits per heavy atom. The minimum atomic E-state index is -0.302. The molecule has 0 aliphatic carbocycles. The molecule has 21 heavy (non-hydrogen) atoms. The van der Waals surface area contributed by atoms with Gasteiger partial charge in [-0.2, -0.15) is 0 Å². The first-order valence-corrected chi connectivity index (χ1v) is 7.16. The van der Waals surface area contributed by atoms with Crippen LogP contribution in [0, 0.1) is 0 Å². The Bertz CT molecular complexity index is 628. The lowest BCUT2D eigenvalue weighted by atomic mass is 10.1. The topological polar surface area (TPSA) is 80.9 Å². The van der Waals surface area contributed by atoms with Gasteiger partial charge in [-0.05, 0) is 18.6 Å². The number of amides is 1. The minimum absolute atomic E-state index is 0.127. The molecule has 1 aromatic heterocycles. The molecule has 110 valence electrons. The molecule has 6 heteroatoms. The van der Waals surface area contributed by atoms with E-state index in [2.05, 4.69) is 22.2 Å². The number of anilines is 1. The van der Waals surface area contributed by atoms with Gasteiger partial charge in [0.15, 0.2) is 11.5 Å². The Kier molecular flexibility index (Phi) is 5.11. The third-order valence-electron chi connectivity index (χ3n) is 2.97. The van der Waals surface area contributed by atoms with Gasteiger partial charge in [-0.15, -0.1) is 0 Å². The van der Waals surface area contributed by atoms with Crippen LogP contribution in [0.15, 0.2) is 30.5 Å². The number of hydrogen-bond acceptors (Lipinski definition) is 4. The molecule has 0 fully saturated rings. The highest BCUT2D eigenvalue weighted by Gasteiger charge is 2.14. The van der Waals surface area contributed by atoms with Gasteiger partial charge in [-0.1, -0.05) is 37.1 Å². The maximum atomic E-state index is 12.1. The number of unbranched alkanes of at least 4 members (excludes halogenated alkanes) is 1. The number of nitrogens with one attached hydrogen (secondary N) is 1. The van der Waals surface area contributed by atoms with Gasteiger partial charge in [0.25, 0.3) is 5.91 Å². The Hall–Kier alpha value is -2.14. The van der Waals surface area contributed by atoms with E-state index >= 15 is 0 Å². The van der Waals surface area contributed by atoms with Crippen molar-refractivity contribution in [3.8, 4) is 11.3 Å². The zero-order chi connectivity index (χ0) is 15.2. The van der Waals surface area contributed by atoms with Gasteiger partial charge in [0.1, 0.15) is 0 Å².